The summed E-state index contributed by atoms with van der Waals surface area (Å²) < 4.78 is 15.0. The van der Waals surface area contributed by atoms with Crippen LogP contribution in [0.15, 0.2) is 0 Å². The summed E-state index contributed by atoms with van der Waals surface area (Å²) in [5, 5.41) is 2.56. The second-order valence-corrected chi connectivity index (χ2v) is 6.90. The van der Waals surface area contributed by atoms with Crippen molar-refractivity contribution in [2.45, 2.75) is 78.7 Å². The Labute approximate surface area is 150 Å². The van der Waals surface area contributed by atoms with Crippen LogP contribution in [0.1, 0.15) is 73.1 Å². The number of alkyl carbamates (subject to hydrolysis) is 1. The van der Waals surface area contributed by atoms with Crippen LogP contribution in [-0.2, 0) is 23.8 Å². The van der Waals surface area contributed by atoms with Gasteiger partial charge in [-0.3, -0.25) is 9.59 Å². The summed E-state index contributed by atoms with van der Waals surface area (Å²) in [6.07, 6.45) is 3.39. The summed E-state index contributed by atoms with van der Waals surface area (Å²) in [4.78, 5) is 34.9. The number of hydrogen-bond donors (Lipinski definition) is 1. The zero-order valence-corrected chi connectivity index (χ0v) is 16.2. The minimum atomic E-state index is -0.555. The fraction of sp³-hybridized carbons (Fsp3) is 0.833. The Morgan fingerprint density at radius 3 is 2.12 bits per heavy atom. The van der Waals surface area contributed by atoms with Gasteiger partial charge in [-0.1, -0.05) is 26.7 Å². The van der Waals surface area contributed by atoms with Gasteiger partial charge in [-0.15, -0.1) is 0 Å². The number of rotatable bonds is 11. The van der Waals surface area contributed by atoms with Gasteiger partial charge in [0.15, 0.2) is 0 Å². The fourth-order valence-corrected chi connectivity index (χ4v) is 2.16. The van der Waals surface area contributed by atoms with Crippen molar-refractivity contribution in [2.75, 3.05) is 13.3 Å². The van der Waals surface area contributed by atoms with Crippen molar-refractivity contribution >= 4 is 18.0 Å². The van der Waals surface area contributed by atoms with Gasteiger partial charge in [-0.2, -0.15) is 0 Å². The average molecular weight is 359 g/mol. The largest absolute Gasteiger partial charge is 0.444 e. The summed E-state index contributed by atoms with van der Waals surface area (Å²) in [5.41, 5.74) is -0.555. The molecule has 146 valence electrons. The number of nitrogens with one attached hydrogen (secondary N) is 1. The molecule has 0 atom stereocenters. The molecule has 0 aromatic carbocycles. The quantitative estimate of drug-likeness (QED) is 0.345. The molecule has 0 saturated heterocycles. The number of ether oxygens (including phenoxy) is 3. The maximum absolute atomic E-state index is 11.9. The summed E-state index contributed by atoms with van der Waals surface area (Å²) in [6, 6.07) is 0. The van der Waals surface area contributed by atoms with E-state index in [0.717, 1.165) is 25.7 Å². The molecule has 0 radical (unpaired) electrons. The number of carbonyl (C=O) groups is 3. The molecule has 0 aromatic rings. The van der Waals surface area contributed by atoms with Gasteiger partial charge in [0, 0.05) is 13.0 Å². The summed E-state index contributed by atoms with van der Waals surface area (Å²) in [5.74, 6) is -0.920. The minimum Gasteiger partial charge on any atom is -0.444 e. The summed E-state index contributed by atoms with van der Waals surface area (Å²) >= 11 is 0. The first kappa shape index (κ1) is 23.2. The molecule has 0 heterocycles. The molecule has 0 aromatic heterocycles. The van der Waals surface area contributed by atoms with Gasteiger partial charge in [0.05, 0.1) is 5.92 Å². The van der Waals surface area contributed by atoms with Gasteiger partial charge in [0.1, 0.15) is 5.60 Å². The molecule has 0 saturated carbocycles. The van der Waals surface area contributed by atoms with Crippen molar-refractivity contribution in [1.82, 2.24) is 5.32 Å². The van der Waals surface area contributed by atoms with Crippen LogP contribution in [0.3, 0.4) is 0 Å². The van der Waals surface area contributed by atoms with Gasteiger partial charge in [0.25, 0.3) is 0 Å². The molecule has 0 spiro atoms. The van der Waals surface area contributed by atoms with Crippen molar-refractivity contribution in [3.8, 4) is 0 Å². The lowest BCUT2D eigenvalue weighted by molar-refractivity contribution is -0.170. The Morgan fingerprint density at radius 2 is 1.60 bits per heavy atom. The lowest BCUT2D eigenvalue weighted by Crippen LogP contribution is -2.33. The number of esters is 2. The van der Waals surface area contributed by atoms with Crippen LogP contribution in [0.4, 0.5) is 4.79 Å². The summed E-state index contributed by atoms with van der Waals surface area (Å²) in [6.45, 7) is 9.30. The highest BCUT2D eigenvalue weighted by atomic mass is 16.7. The standard InChI is InChI=1S/C18H33NO6/c1-6-9-14(10-7-2)16(21)24-13-23-15(20)11-8-12-19-17(22)25-18(3,4)5/h14H,6-13H2,1-5H3,(H,19,22). The van der Waals surface area contributed by atoms with Crippen molar-refractivity contribution in [3.63, 3.8) is 0 Å². The van der Waals surface area contributed by atoms with Gasteiger partial charge in [-0.05, 0) is 40.0 Å². The molecule has 0 aliphatic carbocycles. The van der Waals surface area contributed by atoms with Crippen LogP contribution in [0.5, 0.6) is 0 Å². The van der Waals surface area contributed by atoms with Crippen LogP contribution in [-0.4, -0.2) is 37.0 Å². The predicted octanol–water partition coefficient (Wildman–Crippen LogP) is 3.55. The Hall–Kier alpha value is -1.79. The molecule has 0 unspecified atom stereocenters. The second kappa shape index (κ2) is 12.6. The maximum Gasteiger partial charge on any atom is 0.407 e. The molecule has 1 N–H and O–H groups in total. The molecular formula is C18H33NO6. The molecule has 7 heteroatoms. The fourth-order valence-electron chi connectivity index (χ4n) is 2.16. The first-order valence-electron chi connectivity index (χ1n) is 8.98. The van der Waals surface area contributed by atoms with Crippen LogP contribution in [0.25, 0.3) is 0 Å². The van der Waals surface area contributed by atoms with Gasteiger partial charge >= 0.3 is 18.0 Å². The van der Waals surface area contributed by atoms with E-state index in [9.17, 15) is 14.4 Å². The van der Waals surface area contributed by atoms with E-state index in [1.165, 1.54) is 0 Å². The van der Waals surface area contributed by atoms with E-state index < -0.39 is 17.7 Å². The third kappa shape index (κ3) is 13.2. The zero-order chi connectivity index (χ0) is 19.3. The van der Waals surface area contributed by atoms with Crippen LogP contribution in [0, 0.1) is 5.92 Å². The number of carbonyl (C=O) groups excluding carboxylic acids is 3. The molecule has 25 heavy (non-hydrogen) atoms. The van der Waals surface area contributed by atoms with Crippen molar-refractivity contribution in [3.05, 3.63) is 0 Å². The molecule has 0 aliphatic heterocycles. The molecule has 0 aliphatic rings. The van der Waals surface area contributed by atoms with Crippen LogP contribution >= 0.6 is 0 Å². The predicted molar refractivity (Wildman–Crippen MR) is 93.8 cm³/mol. The molecular weight excluding hydrogens is 326 g/mol. The van der Waals surface area contributed by atoms with E-state index in [4.69, 9.17) is 14.2 Å². The smallest absolute Gasteiger partial charge is 0.407 e. The normalized spacial score (nSPS) is 11.1. The van der Waals surface area contributed by atoms with Crippen LogP contribution in [0.2, 0.25) is 0 Å². The van der Waals surface area contributed by atoms with Crippen molar-refractivity contribution < 1.29 is 28.6 Å². The third-order valence-corrected chi connectivity index (χ3v) is 3.25. The van der Waals surface area contributed by atoms with Crippen molar-refractivity contribution in [2.24, 2.45) is 5.92 Å². The monoisotopic (exact) mass is 359 g/mol. The van der Waals surface area contributed by atoms with Gasteiger partial charge in [0.2, 0.25) is 6.79 Å². The van der Waals surface area contributed by atoms with E-state index in [-0.39, 0.29) is 25.1 Å². The first-order valence-corrected chi connectivity index (χ1v) is 8.98. The lowest BCUT2D eigenvalue weighted by Gasteiger charge is -2.19. The average Bonchev–Trinajstić information content (AvgIpc) is 2.49. The Balaban J connectivity index is 3.83. The second-order valence-electron chi connectivity index (χ2n) is 6.90. The van der Waals surface area contributed by atoms with Gasteiger partial charge < -0.3 is 19.5 Å². The van der Waals surface area contributed by atoms with E-state index in [1.54, 1.807) is 20.8 Å². The number of hydrogen-bond acceptors (Lipinski definition) is 6. The third-order valence-electron chi connectivity index (χ3n) is 3.25. The van der Waals surface area contributed by atoms with Crippen LogP contribution < -0.4 is 5.32 Å². The van der Waals surface area contributed by atoms with E-state index in [2.05, 4.69) is 5.32 Å². The minimum absolute atomic E-state index is 0.126. The topological polar surface area (TPSA) is 90.9 Å². The highest BCUT2D eigenvalue weighted by Gasteiger charge is 2.19. The number of amides is 1. The Bertz CT molecular complexity index is 410. The lowest BCUT2D eigenvalue weighted by atomic mass is 9.99. The first-order chi connectivity index (χ1) is 11.7. The highest BCUT2D eigenvalue weighted by Crippen LogP contribution is 2.15. The highest BCUT2D eigenvalue weighted by molar-refractivity contribution is 5.73. The molecule has 0 bridgehead atoms. The molecule has 1 amide bonds. The van der Waals surface area contributed by atoms with E-state index >= 15 is 0 Å². The molecule has 0 rings (SSSR count). The Kier molecular flexibility index (Phi) is 11.7. The molecule has 7 nitrogen and oxygen atoms in total. The summed E-state index contributed by atoms with van der Waals surface area (Å²) in [7, 11) is 0. The van der Waals surface area contributed by atoms with Gasteiger partial charge in [-0.25, -0.2) is 4.79 Å². The zero-order valence-electron chi connectivity index (χ0n) is 16.2. The van der Waals surface area contributed by atoms with Crippen molar-refractivity contribution in [1.29, 1.82) is 0 Å². The Morgan fingerprint density at radius 1 is 1.00 bits per heavy atom. The maximum atomic E-state index is 11.9. The molecule has 0 fully saturated rings. The SMILES string of the molecule is CCCC(CCC)C(=O)OCOC(=O)CCCNC(=O)OC(C)(C)C. The van der Waals surface area contributed by atoms with E-state index in [1.807, 2.05) is 13.8 Å². The van der Waals surface area contributed by atoms with E-state index in [0.29, 0.717) is 13.0 Å².